The maximum Gasteiger partial charge on any atom is 0.253 e. The molecule has 4 aromatic rings. The lowest BCUT2D eigenvalue weighted by molar-refractivity contribution is -0.130. The Morgan fingerprint density at radius 1 is 1.18 bits per heavy atom. The summed E-state index contributed by atoms with van der Waals surface area (Å²) >= 11 is 7.30. The fraction of sp³-hybridized carbons (Fsp3) is 0.208. The number of amides is 1. The van der Waals surface area contributed by atoms with Crippen molar-refractivity contribution >= 4 is 35.0 Å². The molecule has 1 unspecified atom stereocenters. The van der Waals surface area contributed by atoms with Crippen LogP contribution in [0.15, 0.2) is 75.5 Å². The Labute approximate surface area is 205 Å². The highest BCUT2D eigenvalue weighted by Gasteiger charge is 2.35. The van der Waals surface area contributed by atoms with Crippen LogP contribution in [0.4, 0.5) is 0 Å². The van der Waals surface area contributed by atoms with E-state index in [1.165, 1.54) is 16.8 Å². The number of hydrazone groups is 1. The number of hydrogen-bond donors (Lipinski definition) is 0. The first-order valence-corrected chi connectivity index (χ1v) is 12.0. The van der Waals surface area contributed by atoms with Crippen LogP contribution in [-0.2, 0) is 4.79 Å². The molecule has 10 heteroatoms. The summed E-state index contributed by atoms with van der Waals surface area (Å²) in [4.78, 5) is 13.3. The van der Waals surface area contributed by atoms with Crippen LogP contribution in [0.1, 0.15) is 34.9 Å². The molecule has 0 saturated carbocycles. The molecule has 0 bridgehead atoms. The second-order valence-electron chi connectivity index (χ2n) is 7.98. The second kappa shape index (κ2) is 9.44. The van der Waals surface area contributed by atoms with Gasteiger partial charge in [-0.1, -0.05) is 53.2 Å². The maximum atomic E-state index is 13.3. The van der Waals surface area contributed by atoms with Gasteiger partial charge < -0.3 is 4.42 Å². The van der Waals surface area contributed by atoms with Gasteiger partial charge >= 0.3 is 0 Å². The Morgan fingerprint density at radius 2 is 2.00 bits per heavy atom. The summed E-state index contributed by atoms with van der Waals surface area (Å²) in [6.07, 6.45) is 2.15. The summed E-state index contributed by atoms with van der Waals surface area (Å²) < 4.78 is 7.28. The third-order valence-corrected chi connectivity index (χ3v) is 6.72. The van der Waals surface area contributed by atoms with Crippen molar-refractivity contribution in [1.82, 2.24) is 25.2 Å². The number of tetrazole rings is 1. The van der Waals surface area contributed by atoms with Gasteiger partial charge in [-0.2, -0.15) is 9.78 Å². The summed E-state index contributed by atoms with van der Waals surface area (Å²) in [6.45, 7) is 4.05. The molecule has 2 aromatic carbocycles. The van der Waals surface area contributed by atoms with Gasteiger partial charge in [0.1, 0.15) is 11.8 Å². The molecule has 1 atom stereocenters. The molecular weight excluding hydrogens is 472 g/mol. The van der Waals surface area contributed by atoms with Gasteiger partial charge in [-0.25, -0.2) is 5.01 Å². The standard InChI is InChI=1S/C24H21ClN6O2S/c1-15-5-10-20(16(2)12-15)31-24(26-28-29-31)34-14-23(32)30-21(22-4-3-11-33-22)13-19(27-30)17-6-8-18(25)9-7-17/h3-12,21H,13-14H2,1-2H3. The van der Waals surface area contributed by atoms with Crippen LogP contribution in [0.2, 0.25) is 5.02 Å². The number of halogens is 1. The monoisotopic (exact) mass is 492 g/mol. The van der Waals surface area contributed by atoms with Gasteiger partial charge in [0.05, 0.1) is 23.4 Å². The van der Waals surface area contributed by atoms with E-state index in [4.69, 9.17) is 16.0 Å². The minimum Gasteiger partial charge on any atom is -0.467 e. The SMILES string of the molecule is Cc1ccc(-n2nnnc2SCC(=O)N2N=C(c3ccc(Cl)cc3)CC2c2ccco2)c(C)c1. The Morgan fingerprint density at radius 3 is 2.74 bits per heavy atom. The van der Waals surface area contributed by atoms with E-state index in [2.05, 4.69) is 26.7 Å². The van der Waals surface area contributed by atoms with E-state index >= 15 is 0 Å². The Hall–Kier alpha value is -3.43. The summed E-state index contributed by atoms with van der Waals surface area (Å²) in [5.74, 6) is 0.650. The maximum absolute atomic E-state index is 13.3. The normalized spacial score (nSPS) is 15.6. The van der Waals surface area contributed by atoms with Crippen LogP contribution < -0.4 is 0 Å². The molecule has 5 rings (SSSR count). The summed E-state index contributed by atoms with van der Waals surface area (Å²) in [5, 5.41) is 19.4. The van der Waals surface area contributed by atoms with Crippen LogP contribution in [0.5, 0.6) is 0 Å². The predicted molar refractivity (Wildman–Crippen MR) is 130 cm³/mol. The van der Waals surface area contributed by atoms with E-state index in [9.17, 15) is 4.79 Å². The summed E-state index contributed by atoms with van der Waals surface area (Å²) in [7, 11) is 0. The fourth-order valence-corrected chi connectivity index (χ4v) is 4.78. The summed E-state index contributed by atoms with van der Waals surface area (Å²) in [6, 6.07) is 16.8. The van der Waals surface area contributed by atoms with Crippen LogP contribution in [0, 0.1) is 13.8 Å². The largest absolute Gasteiger partial charge is 0.467 e. The van der Waals surface area contributed by atoms with Gasteiger partial charge in [0, 0.05) is 11.4 Å². The van der Waals surface area contributed by atoms with E-state index in [1.54, 1.807) is 10.9 Å². The molecule has 0 radical (unpaired) electrons. The molecule has 0 fully saturated rings. The number of furan rings is 1. The molecule has 2 aromatic heterocycles. The van der Waals surface area contributed by atoms with Gasteiger partial charge in [-0.05, 0) is 65.7 Å². The van der Waals surface area contributed by atoms with Crippen molar-refractivity contribution in [2.75, 3.05) is 5.75 Å². The second-order valence-corrected chi connectivity index (χ2v) is 9.36. The lowest BCUT2D eigenvalue weighted by Crippen LogP contribution is -2.28. The number of rotatable bonds is 6. The first-order chi connectivity index (χ1) is 16.5. The molecule has 1 amide bonds. The molecule has 1 aliphatic rings. The van der Waals surface area contributed by atoms with Crippen LogP contribution in [0.25, 0.3) is 5.69 Å². The Kier molecular flexibility index (Phi) is 6.21. The molecule has 3 heterocycles. The minimum absolute atomic E-state index is 0.125. The number of thioether (sulfide) groups is 1. The number of aromatic nitrogens is 4. The topological polar surface area (TPSA) is 89.4 Å². The van der Waals surface area contributed by atoms with Crippen molar-refractivity contribution in [3.63, 3.8) is 0 Å². The molecule has 0 saturated heterocycles. The van der Waals surface area contributed by atoms with Crippen molar-refractivity contribution in [3.8, 4) is 5.69 Å². The van der Waals surface area contributed by atoms with Crippen LogP contribution >= 0.6 is 23.4 Å². The van der Waals surface area contributed by atoms with E-state index in [0.717, 1.165) is 28.1 Å². The van der Waals surface area contributed by atoms with E-state index in [1.807, 2.05) is 62.4 Å². The zero-order valence-corrected chi connectivity index (χ0v) is 20.1. The van der Waals surface area contributed by atoms with Crippen molar-refractivity contribution < 1.29 is 9.21 Å². The fourth-order valence-electron chi connectivity index (χ4n) is 3.92. The van der Waals surface area contributed by atoms with E-state index in [-0.39, 0.29) is 17.7 Å². The van der Waals surface area contributed by atoms with E-state index < -0.39 is 0 Å². The molecular formula is C24H21ClN6O2S. The molecule has 0 aliphatic carbocycles. The first-order valence-electron chi connectivity index (χ1n) is 10.7. The quantitative estimate of drug-likeness (QED) is 0.352. The summed E-state index contributed by atoms with van der Waals surface area (Å²) in [5.41, 5.74) is 4.81. The molecule has 8 nitrogen and oxygen atoms in total. The number of carbonyl (C=O) groups excluding carboxylic acids is 1. The third-order valence-electron chi connectivity index (χ3n) is 5.56. The van der Waals surface area contributed by atoms with Gasteiger partial charge in [0.2, 0.25) is 5.16 Å². The van der Waals surface area contributed by atoms with Crippen LogP contribution in [-0.4, -0.2) is 42.6 Å². The van der Waals surface area contributed by atoms with Crippen molar-refractivity contribution in [2.24, 2.45) is 5.10 Å². The molecule has 1 aliphatic heterocycles. The highest BCUT2D eigenvalue weighted by Crippen LogP contribution is 2.34. The Balaban J connectivity index is 1.37. The zero-order chi connectivity index (χ0) is 23.7. The molecule has 34 heavy (non-hydrogen) atoms. The lowest BCUT2D eigenvalue weighted by atomic mass is 10.0. The average Bonchev–Trinajstić information content (AvgIpc) is 3.58. The van der Waals surface area contributed by atoms with Gasteiger partial charge in [-0.3, -0.25) is 4.79 Å². The van der Waals surface area contributed by atoms with E-state index in [0.29, 0.717) is 22.4 Å². The number of hydrogen-bond acceptors (Lipinski definition) is 7. The zero-order valence-electron chi connectivity index (χ0n) is 18.6. The minimum atomic E-state index is -0.316. The number of aryl methyl sites for hydroxylation is 2. The number of carbonyl (C=O) groups is 1. The molecule has 0 N–H and O–H groups in total. The first kappa shape index (κ1) is 22.4. The highest BCUT2D eigenvalue weighted by molar-refractivity contribution is 7.99. The average molecular weight is 493 g/mol. The Bertz CT molecular complexity index is 1350. The number of benzene rings is 2. The van der Waals surface area contributed by atoms with Crippen molar-refractivity contribution in [2.45, 2.75) is 31.5 Å². The smallest absolute Gasteiger partial charge is 0.253 e. The molecule has 0 spiro atoms. The van der Waals surface area contributed by atoms with Gasteiger partial charge in [-0.15, -0.1) is 5.10 Å². The van der Waals surface area contributed by atoms with Gasteiger partial charge in [0.15, 0.2) is 0 Å². The van der Waals surface area contributed by atoms with Crippen LogP contribution in [0.3, 0.4) is 0 Å². The van der Waals surface area contributed by atoms with Crippen molar-refractivity contribution in [3.05, 3.63) is 88.3 Å². The van der Waals surface area contributed by atoms with Crippen molar-refractivity contribution in [1.29, 1.82) is 0 Å². The predicted octanol–water partition coefficient (Wildman–Crippen LogP) is 5.00. The third kappa shape index (κ3) is 4.49. The number of nitrogens with zero attached hydrogens (tertiary/aromatic N) is 6. The lowest BCUT2D eigenvalue weighted by Gasteiger charge is -2.19. The highest BCUT2D eigenvalue weighted by atomic mass is 35.5. The molecule has 172 valence electrons. The van der Waals surface area contributed by atoms with Gasteiger partial charge in [0.25, 0.3) is 5.91 Å².